The Morgan fingerprint density at radius 3 is 2.75 bits per heavy atom. The van der Waals surface area contributed by atoms with Gasteiger partial charge in [-0.25, -0.2) is 0 Å². The Labute approximate surface area is 123 Å². The van der Waals surface area contributed by atoms with E-state index in [1.165, 1.54) is 6.07 Å². The summed E-state index contributed by atoms with van der Waals surface area (Å²) in [7, 11) is 0. The predicted molar refractivity (Wildman–Crippen MR) is 77.3 cm³/mol. The molecule has 0 aliphatic rings. The van der Waals surface area contributed by atoms with Crippen LogP contribution in [0.2, 0.25) is 0 Å². The molecule has 0 bridgehead atoms. The minimum Gasteiger partial charge on any atom is -0.487 e. The van der Waals surface area contributed by atoms with E-state index in [9.17, 15) is 10.1 Å². The molecule has 0 saturated carbocycles. The minimum absolute atomic E-state index is 0.0164. The number of nitrogens with zero attached hydrogens (tertiary/aromatic N) is 2. The zero-order chi connectivity index (χ0) is 14.5. The van der Waals surface area contributed by atoms with Gasteiger partial charge in [0.15, 0.2) is 0 Å². The van der Waals surface area contributed by atoms with E-state index in [1.807, 2.05) is 0 Å². The Bertz CT molecular complexity index is 617. The molecule has 6 nitrogen and oxygen atoms in total. The van der Waals surface area contributed by atoms with Gasteiger partial charge >= 0.3 is 0 Å². The molecule has 0 atom stereocenters. The van der Waals surface area contributed by atoms with Crippen molar-refractivity contribution >= 4 is 21.6 Å². The normalized spacial score (nSPS) is 10.3. The van der Waals surface area contributed by atoms with Crippen molar-refractivity contribution in [2.75, 3.05) is 0 Å². The van der Waals surface area contributed by atoms with E-state index in [2.05, 4.69) is 20.9 Å². The van der Waals surface area contributed by atoms with Crippen molar-refractivity contribution in [1.29, 1.82) is 0 Å². The van der Waals surface area contributed by atoms with Gasteiger partial charge in [0.05, 0.1) is 16.8 Å². The highest BCUT2D eigenvalue weighted by Gasteiger charge is 2.14. The minimum atomic E-state index is -0.439. The summed E-state index contributed by atoms with van der Waals surface area (Å²) in [5.74, 6) is 0.584. The van der Waals surface area contributed by atoms with Crippen LogP contribution in [0.3, 0.4) is 0 Å². The van der Waals surface area contributed by atoms with Crippen LogP contribution < -0.4 is 10.5 Å². The number of ether oxygens (including phenoxy) is 1. The lowest BCUT2D eigenvalue weighted by Crippen LogP contribution is -2.01. The first-order valence-corrected chi connectivity index (χ1v) is 6.60. The highest BCUT2D eigenvalue weighted by Crippen LogP contribution is 2.29. The number of nitro groups is 1. The average molecular weight is 338 g/mol. The van der Waals surface area contributed by atoms with Crippen molar-refractivity contribution in [3.63, 3.8) is 0 Å². The van der Waals surface area contributed by atoms with Gasteiger partial charge in [-0.3, -0.25) is 15.1 Å². The number of aromatic nitrogens is 1. The van der Waals surface area contributed by atoms with Crippen molar-refractivity contribution in [1.82, 2.24) is 4.98 Å². The van der Waals surface area contributed by atoms with Crippen LogP contribution in [0.15, 0.2) is 41.0 Å². The SMILES string of the molecule is NCc1ccc(OCc2cccc([N+](=O)[O-])c2Br)cn1. The first kappa shape index (κ1) is 14.4. The van der Waals surface area contributed by atoms with Crippen molar-refractivity contribution in [2.24, 2.45) is 5.73 Å². The summed E-state index contributed by atoms with van der Waals surface area (Å²) in [4.78, 5) is 14.5. The van der Waals surface area contributed by atoms with Gasteiger partial charge in [0, 0.05) is 18.2 Å². The molecule has 1 aromatic carbocycles. The summed E-state index contributed by atoms with van der Waals surface area (Å²) in [6.45, 7) is 0.586. The monoisotopic (exact) mass is 337 g/mol. The van der Waals surface area contributed by atoms with E-state index in [-0.39, 0.29) is 12.3 Å². The number of hydrogen-bond acceptors (Lipinski definition) is 5. The smallest absolute Gasteiger partial charge is 0.283 e. The largest absolute Gasteiger partial charge is 0.487 e. The van der Waals surface area contributed by atoms with Gasteiger partial charge in [-0.15, -0.1) is 0 Å². The highest BCUT2D eigenvalue weighted by atomic mass is 79.9. The fourth-order valence-electron chi connectivity index (χ4n) is 1.60. The number of benzene rings is 1. The van der Waals surface area contributed by atoms with Gasteiger partial charge < -0.3 is 10.5 Å². The van der Waals surface area contributed by atoms with E-state index in [0.717, 1.165) is 5.69 Å². The first-order valence-electron chi connectivity index (χ1n) is 5.81. The molecule has 20 heavy (non-hydrogen) atoms. The van der Waals surface area contributed by atoms with Gasteiger partial charge in [0.2, 0.25) is 0 Å². The zero-order valence-corrected chi connectivity index (χ0v) is 12.0. The van der Waals surface area contributed by atoms with Crippen LogP contribution >= 0.6 is 15.9 Å². The van der Waals surface area contributed by atoms with Crippen molar-refractivity contribution in [3.05, 3.63) is 62.4 Å². The topological polar surface area (TPSA) is 91.3 Å². The molecule has 0 amide bonds. The lowest BCUT2D eigenvalue weighted by atomic mass is 10.2. The average Bonchev–Trinajstić information content (AvgIpc) is 2.46. The van der Waals surface area contributed by atoms with E-state index in [0.29, 0.717) is 22.3 Å². The Morgan fingerprint density at radius 2 is 2.15 bits per heavy atom. The summed E-state index contributed by atoms with van der Waals surface area (Å²) in [6, 6.07) is 8.36. The standard InChI is InChI=1S/C13H12BrN3O3/c14-13-9(2-1-3-12(13)17(18)19)8-20-11-5-4-10(6-15)16-7-11/h1-5,7H,6,8,15H2. The van der Waals surface area contributed by atoms with Crippen LogP contribution in [-0.4, -0.2) is 9.91 Å². The number of nitrogens with two attached hydrogens (primary N) is 1. The van der Waals surface area contributed by atoms with Crippen molar-refractivity contribution < 1.29 is 9.66 Å². The van der Waals surface area contributed by atoms with Gasteiger partial charge in [-0.05, 0) is 28.1 Å². The predicted octanol–water partition coefficient (Wildman–Crippen LogP) is 2.79. The molecule has 0 spiro atoms. The van der Waals surface area contributed by atoms with E-state index >= 15 is 0 Å². The number of halogens is 1. The van der Waals surface area contributed by atoms with Gasteiger partial charge in [-0.2, -0.15) is 0 Å². The quantitative estimate of drug-likeness (QED) is 0.669. The van der Waals surface area contributed by atoms with Crippen molar-refractivity contribution in [3.8, 4) is 5.75 Å². The third-order valence-corrected chi connectivity index (χ3v) is 3.57. The van der Waals surface area contributed by atoms with Crippen LogP contribution in [0.1, 0.15) is 11.3 Å². The zero-order valence-electron chi connectivity index (χ0n) is 10.5. The number of hydrogen-bond donors (Lipinski definition) is 1. The molecule has 0 fully saturated rings. The van der Waals surface area contributed by atoms with Gasteiger partial charge in [0.1, 0.15) is 16.8 Å². The Morgan fingerprint density at radius 1 is 1.35 bits per heavy atom. The number of rotatable bonds is 5. The van der Waals surface area contributed by atoms with Crippen LogP contribution in [0.25, 0.3) is 0 Å². The van der Waals surface area contributed by atoms with E-state index in [1.54, 1.807) is 30.5 Å². The maximum Gasteiger partial charge on any atom is 0.283 e. The fraction of sp³-hybridized carbons (Fsp3) is 0.154. The molecule has 1 heterocycles. The lowest BCUT2D eigenvalue weighted by molar-refractivity contribution is -0.385. The number of pyridine rings is 1. The summed E-state index contributed by atoms with van der Waals surface area (Å²) < 4.78 is 5.98. The molecule has 0 radical (unpaired) electrons. The molecular weight excluding hydrogens is 326 g/mol. The molecular formula is C13H12BrN3O3. The van der Waals surface area contributed by atoms with Crippen LogP contribution in [0, 0.1) is 10.1 Å². The van der Waals surface area contributed by atoms with Gasteiger partial charge in [0.25, 0.3) is 5.69 Å². The second kappa shape index (κ2) is 6.44. The second-order valence-corrected chi connectivity index (χ2v) is 4.78. The molecule has 2 aromatic rings. The molecule has 0 aliphatic heterocycles. The molecule has 0 saturated heterocycles. The maximum absolute atomic E-state index is 10.8. The maximum atomic E-state index is 10.8. The Kier molecular flexibility index (Phi) is 4.65. The number of nitro benzene ring substituents is 1. The molecule has 1 aromatic heterocycles. The molecule has 0 unspecified atom stereocenters. The molecule has 2 N–H and O–H groups in total. The Balaban J connectivity index is 2.10. The molecule has 7 heteroatoms. The van der Waals surface area contributed by atoms with Gasteiger partial charge in [-0.1, -0.05) is 12.1 Å². The summed E-state index contributed by atoms with van der Waals surface area (Å²) in [6.07, 6.45) is 1.58. The summed E-state index contributed by atoms with van der Waals surface area (Å²) in [5, 5.41) is 10.8. The third-order valence-electron chi connectivity index (χ3n) is 2.66. The molecule has 104 valence electrons. The molecule has 2 rings (SSSR count). The summed E-state index contributed by atoms with van der Waals surface area (Å²) >= 11 is 3.22. The Hall–Kier alpha value is -1.99. The van der Waals surface area contributed by atoms with Crippen LogP contribution in [0.4, 0.5) is 5.69 Å². The van der Waals surface area contributed by atoms with Crippen molar-refractivity contribution in [2.45, 2.75) is 13.2 Å². The fourth-order valence-corrected chi connectivity index (χ4v) is 2.12. The molecule has 0 aliphatic carbocycles. The van der Waals surface area contributed by atoms with Crippen LogP contribution in [-0.2, 0) is 13.2 Å². The van der Waals surface area contributed by atoms with E-state index in [4.69, 9.17) is 10.5 Å². The highest BCUT2D eigenvalue weighted by molar-refractivity contribution is 9.10. The first-order chi connectivity index (χ1) is 9.61. The van der Waals surface area contributed by atoms with Crippen LogP contribution in [0.5, 0.6) is 5.75 Å². The summed E-state index contributed by atoms with van der Waals surface area (Å²) in [5.41, 5.74) is 6.94. The second-order valence-electron chi connectivity index (χ2n) is 3.99. The third kappa shape index (κ3) is 3.31. The lowest BCUT2D eigenvalue weighted by Gasteiger charge is -2.08. The van der Waals surface area contributed by atoms with E-state index < -0.39 is 4.92 Å².